The van der Waals surface area contributed by atoms with E-state index in [0.29, 0.717) is 37.0 Å². The molecule has 2 fully saturated rings. The van der Waals surface area contributed by atoms with E-state index in [1.165, 1.54) is 4.31 Å². The quantitative estimate of drug-likeness (QED) is 0.781. The molecule has 126 valence electrons. The molecule has 1 heterocycles. The highest BCUT2D eigenvalue weighted by Crippen LogP contribution is 2.39. The van der Waals surface area contributed by atoms with Crippen LogP contribution in [0.15, 0.2) is 27.6 Å². The largest absolute Gasteiger partial charge is 0.340 e. The van der Waals surface area contributed by atoms with Gasteiger partial charge in [-0.2, -0.15) is 4.31 Å². The summed E-state index contributed by atoms with van der Waals surface area (Å²) in [7, 11) is -3.49. The lowest BCUT2D eigenvalue weighted by Gasteiger charge is -2.34. The van der Waals surface area contributed by atoms with Crippen molar-refractivity contribution in [1.29, 1.82) is 0 Å². The molecule has 3 rings (SSSR count). The molecule has 1 aromatic rings. The Hall–Kier alpha value is -0.920. The lowest BCUT2D eigenvalue weighted by Crippen LogP contribution is -2.51. The van der Waals surface area contributed by atoms with Crippen LogP contribution in [0.3, 0.4) is 0 Å². The fourth-order valence-corrected chi connectivity index (χ4v) is 4.73. The number of hydrogen-bond acceptors (Lipinski definition) is 3. The topological polar surface area (TPSA) is 57.7 Å². The number of halogens is 1. The predicted octanol–water partition coefficient (Wildman–Crippen LogP) is 2.25. The van der Waals surface area contributed by atoms with E-state index in [1.54, 1.807) is 18.2 Å². The summed E-state index contributed by atoms with van der Waals surface area (Å²) in [6.45, 7) is 5.65. The minimum Gasteiger partial charge on any atom is -0.340 e. The van der Waals surface area contributed by atoms with Gasteiger partial charge in [-0.25, -0.2) is 8.42 Å². The van der Waals surface area contributed by atoms with Crippen LogP contribution in [-0.4, -0.2) is 49.7 Å². The average Bonchev–Trinajstić information content (AvgIpc) is 3.26. The smallest absolute Gasteiger partial charge is 0.243 e. The second-order valence-electron chi connectivity index (χ2n) is 6.46. The average molecular weight is 401 g/mol. The summed E-state index contributed by atoms with van der Waals surface area (Å²) >= 11 is 3.39. The van der Waals surface area contributed by atoms with Crippen LogP contribution < -0.4 is 0 Å². The van der Waals surface area contributed by atoms with Gasteiger partial charge in [-0.1, -0.05) is 22.9 Å². The fourth-order valence-electron chi connectivity index (χ4n) is 2.98. The normalized spacial score (nSPS) is 25.4. The molecule has 1 saturated heterocycles. The summed E-state index contributed by atoms with van der Waals surface area (Å²) in [6, 6.07) is 5.06. The summed E-state index contributed by atoms with van der Waals surface area (Å²) in [6.07, 6.45) is 0.968. The molecule has 1 saturated carbocycles. The highest BCUT2D eigenvalue weighted by Gasteiger charge is 2.42. The third-order valence-corrected chi connectivity index (χ3v) is 7.53. The van der Waals surface area contributed by atoms with Crippen molar-refractivity contribution in [3.05, 3.63) is 28.2 Å². The zero-order valence-electron chi connectivity index (χ0n) is 13.3. The number of nitrogens with zero attached hydrogens (tertiary/aromatic N) is 2. The van der Waals surface area contributed by atoms with Gasteiger partial charge in [-0.15, -0.1) is 0 Å². The van der Waals surface area contributed by atoms with Crippen LogP contribution in [0.4, 0.5) is 0 Å². The molecule has 23 heavy (non-hydrogen) atoms. The van der Waals surface area contributed by atoms with E-state index in [0.717, 1.165) is 16.5 Å². The van der Waals surface area contributed by atoms with E-state index >= 15 is 0 Å². The third kappa shape index (κ3) is 3.32. The Morgan fingerprint density at radius 2 is 1.83 bits per heavy atom. The molecular formula is C16H21BrN2O3S. The Morgan fingerprint density at radius 3 is 2.35 bits per heavy atom. The van der Waals surface area contributed by atoms with Gasteiger partial charge in [0.25, 0.3) is 0 Å². The van der Waals surface area contributed by atoms with Crippen molar-refractivity contribution in [3.8, 4) is 0 Å². The molecule has 1 aliphatic carbocycles. The third-order valence-electron chi connectivity index (χ3n) is 4.74. The number of piperazine rings is 1. The maximum Gasteiger partial charge on any atom is 0.243 e. The number of aryl methyl sites for hydroxylation is 1. The molecule has 0 spiro atoms. The van der Waals surface area contributed by atoms with Crippen LogP contribution in [0.2, 0.25) is 0 Å². The molecule has 0 bridgehead atoms. The molecule has 2 atom stereocenters. The zero-order chi connectivity index (χ0) is 16.8. The molecule has 2 aliphatic rings. The summed E-state index contributed by atoms with van der Waals surface area (Å²) in [5.74, 6) is 0.830. The van der Waals surface area contributed by atoms with E-state index < -0.39 is 10.0 Å². The highest BCUT2D eigenvalue weighted by molar-refractivity contribution is 9.10. The molecule has 1 aliphatic heterocycles. The van der Waals surface area contributed by atoms with Gasteiger partial charge in [0.1, 0.15) is 0 Å². The summed E-state index contributed by atoms with van der Waals surface area (Å²) < 4.78 is 27.8. The minimum atomic E-state index is -3.49. The van der Waals surface area contributed by atoms with E-state index in [-0.39, 0.29) is 11.8 Å². The molecule has 1 amide bonds. The van der Waals surface area contributed by atoms with E-state index in [2.05, 4.69) is 22.9 Å². The second-order valence-corrected chi connectivity index (χ2v) is 9.25. The van der Waals surface area contributed by atoms with Crippen molar-refractivity contribution in [2.45, 2.75) is 25.2 Å². The first kappa shape index (κ1) is 16.9. The number of benzene rings is 1. The van der Waals surface area contributed by atoms with Gasteiger partial charge < -0.3 is 4.90 Å². The van der Waals surface area contributed by atoms with Crippen LogP contribution in [0.1, 0.15) is 18.9 Å². The monoisotopic (exact) mass is 400 g/mol. The Labute approximate surface area is 145 Å². The number of amides is 1. The summed E-state index contributed by atoms with van der Waals surface area (Å²) in [5, 5.41) is 0. The number of rotatable bonds is 3. The fraction of sp³-hybridized carbons (Fsp3) is 0.562. The van der Waals surface area contributed by atoms with Gasteiger partial charge in [0.15, 0.2) is 0 Å². The number of hydrogen-bond donors (Lipinski definition) is 0. The molecule has 5 nitrogen and oxygen atoms in total. The number of carbonyl (C=O) groups excluding carboxylic acids is 1. The van der Waals surface area contributed by atoms with Crippen LogP contribution in [0, 0.1) is 18.8 Å². The maximum atomic E-state index is 12.7. The van der Waals surface area contributed by atoms with Crippen LogP contribution in [0.25, 0.3) is 0 Å². The summed E-state index contributed by atoms with van der Waals surface area (Å²) in [4.78, 5) is 14.4. The van der Waals surface area contributed by atoms with Gasteiger partial charge in [0.2, 0.25) is 15.9 Å². The lowest BCUT2D eigenvalue weighted by atomic mass is 10.2. The van der Waals surface area contributed by atoms with Crippen LogP contribution in [-0.2, 0) is 14.8 Å². The number of sulfonamides is 1. The molecule has 1 aromatic carbocycles. The SMILES string of the molecule is Cc1cc(S(=O)(=O)N2CCN(C(=O)[C@H]3C[C@@H]3C)CC2)ccc1Br. The van der Waals surface area contributed by atoms with Crippen molar-refractivity contribution in [1.82, 2.24) is 9.21 Å². The Balaban J connectivity index is 1.68. The Morgan fingerprint density at radius 1 is 1.22 bits per heavy atom. The predicted molar refractivity (Wildman–Crippen MR) is 91.5 cm³/mol. The van der Waals surface area contributed by atoms with Crippen molar-refractivity contribution < 1.29 is 13.2 Å². The first-order valence-electron chi connectivity index (χ1n) is 7.86. The van der Waals surface area contributed by atoms with E-state index in [9.17, 15) is 13.2 Å². The number of carbonyl (C=O) groups is 1. The molecule has 0 radical (unpaired) electrons. The maximum absolute atomic E-state index is 12.7. The molecule has 0 N–H and O–H groups in total. The Bertz CT molecular complexity index is 727. The van der Waals surface area contributed by atoms with E-state index in [1.807, 2.05) is 11.8 Å². The van der Waals surface area contributed by atoms with Gasteiger partial charge in [0, 0.05) is 36.6 Å². The van der Waals surface area contributed by atoms with Gasteiger partial charge in [0.05, 0.1) is 4.90 Å². The van der Waals surface area contributed by atoms with Gasteiger partial charge >= 0.3 is 0 Å². The van der Waals surface area contributed by atoms with Gasteiger partial charge in [-0.3, -0.25) is 4.79 Å². The first-order valence-corrected chi connectivity index (χ1v) is 10.1. The van der Waals surface area contributed by atoms with Crippen LogP contribution in [0.5, 0.6) is 0 Å². The van der Waals surface area contributed by atoms with E-state index in [4.69, 9.17) is 0 Å². The highest BCUT2D eigenvalue weighted by atomic mass is 79.9. The standard InChI is InChI=1S/C16H21BrN2O3S/c1-11-10-14(11)16(20)18-5-7-19(8-6-18)23(21,22)13-3-4-15(17)12(2)9-13/h3-4,9,11,14H,5-8,10H2,1-2H3/t11-,14-/m0/s1. The molecule has 0 aromatic heterocycles. The minimum absolute atomic E-state index is 0.160. The van der Waals surface area contributed by atoms with Gasteiger partial charge in [-0.05, 0) is 43.0 Å². The molecule has 7 heteroatoms. The molecular weight excluding hydrogens is 380 g/mol. The summed E-state index contributed by atoms with van der Waals surface area (Å²) in [5.41, 5.74) is 0.891. The zero-order valence-corrected chi connectivity index (χ0v) is 15.7. The molecule has 0 unspecified atom stereocenters. The lowest BCUT2D eigenvalue weighted by molar-refractivity contribution is -0.134. The van der Waals surface area contributed by atoms with Crippen molar-refractivity contribution >= 4 is 31.9 Å². The second kappa shape index (κ2) is 6.18. The Kier molecular flexibility index (Phi) is 4.55. The van der Waals surface area contributed by atoms with Crippen LogP contribution >= 0.6 is 15.9 Å². The van der Waals surface area contributed by atoms with Crippen molar-refractivity contribution in [2.24, 2.45) is 11.8 Å². The first-order chi connectivity index (χ1) is 10.8. The van der Waals surface area contributed by atoms with Crippen molar-refractivity contribution in [2.75, 3.05) is 26.2 Å². The van der Waals surface area contributed by atoms with Crippen molar-refractivity contribution in [3.63, 3.8) is 0 Å².